The first-order valence-electron chi connectivity index (χ1n) is 6.99. The van der Waals surface area contributed by atoms with Gasteiger partial charge in [-0.25, -0.2) is 19.3 Å². The summed E-state index contributed by atoms with van der Waals surface area (Å²) in [6, 6.07) is 0. The van der Waals surface area contributed by atoms with Gasteiger partial charge < -0.3 is 9.80 Å². The summed E-state index contributed by atoms with van der Waals surface area (Å²) in [6.45, 7) is 5.64. The summed E-state index contributed by atoms with van der Waals surface area (Å²) in [7, 11) is 0. The molecule has 1 aliphatic rings. The van der Waals surface area contributed by atoms with Crippen LogP contribution >= 0.6 is 11.3 Å². The third kappa shape index (κ3) is 2.66. The lowest BCUT2D eigenvalue weighted by molar-refractivity contribution is 0.0750. The normalized spacial score (nSPS) is 15.2. The number of anilines is 1. The van der Waals surface area contributed by atoms with Gasteiger partial charge in [-0.15, -0.1) is 11.3 Å². The first-order chi connectivity index (χ1) is 10.6. The largest absolute Gasteiger partial charge is 0.351 e. The van der Waals surface area contributed by atoms with Gasteiger partial charge in [0.2, 0.25) is 0 Å². The second-order valence-electron chi connectivity index (χ2n) is 5.14. The Bertz CT molecular complexity index is 696. The minimum absolute atomic E-state index is 0.000935. The smallest absolute Gasteiger partial charge is 0.265 e. The molecule has 8 heteroatoms. The molecule has 0 spiro atoms. The fraction of sp³-hybridized carbons (Fsp3) is 0.429. The quantitative estimate of drug-likeness (QED) is 0.842. The number of piperazine rings is 1. The number of rotatable bonds is 2. The van der Waals surface area contributed by atoms with E-state index in [0.29, 0.717) is 42.6 Å². The van der Waals surface area contributed by atoms with E-state index in [9.17, 15) is 9.18 Å². The monoisotopic (exact) mass is 321 g/mol. The topological polar surface area (TPSA) is 62.2 Å². The Kier molecular flexibility index (Phi) is 4.02. The maximum Gasteiger partial charge on any atom is 0.265 e. The van der Waals surface area contributed by atoms with Gasteiger partial charge in [-0.05, 0) is 13.8 Å². The number of amides is 1. The van der Waals surface area contributed by atoms with E-state index in [2.05, 4.69) is 15.0 Å². The van der Waals surface area contributed by atoms with E-state index in [-0.39, 0.29) is 11.7 Å². The van der Waals surface area contributed by atoms with Crippen LogP contribution in [0.5, 0.6) is 0 Å². The highest BCUT2D eigenvalue weighted by atomic mass is 32.1. The number of aromatic nitrogens is 3. The lowest BCUT2D eigenvalue weighted by atomic mass is 10.2. The summed E-state index contributed by atoms with van der Waals surface area (Å²) in [5.74, 6) is -0.0758. The lowest BCUT2D eigenvalue weighted by Gasteiger charge is -2.35. The standard InChI is InChI=1S/C14H16FN5OS/c1-9-11(15)13(17-7-16-9)19-3-5-20(6-4-19)14(21)12-10(2)18-8-22-12/h7-8H,3-6H2,1-2H3. The van der Waals surface area contributed by atoms with E-state index in [0.717, 1.165) is 5.69 Å². The highest BCUT2D eigenvalue weighted by Gasteiger charge is 2.26. The predicted octanol–water partition coefficient (Wildman–Crippen LogP) is 1.65. The SMILES string of the molecule is Cc1ncsc1C(=O)N1CCN(c2ncnc(C)c2F)CC1. The average molecular weight is 321 g/mol. The summed E-state index contributed by atoms with van der Waals surface area (Å²) in [5.41, 5.74) is 2.77. The zero-order chi connectivity index (χ0) is 15.7. The molecule has 22 heavy (non-hydrogen) atoms. The van der Waals surface area contributed by atoms with Crippen LogP contribution in [0.4, 0.5) is 10.2 Å². The highest BCUT2D eigenvalue weighted by Crippen LogP contribution is 2.21. The van der Waals surface area contributed by atoms with Gasteiger partial charge in [-0.3, -0.25) is 4.79 Å². The molecule has 6 nitrogen and oxygen atoms in total. The van der Waals surface area contributed by atoms with Gasteiger partial charge in [0.05, 0.1) is 16.9 Å². The minimum Gasteiger partial charge on any atom is -0.351 e. The first kappa shape index (κ1) is 14.8. The van der Waals surface area contributed by atoms with Gasteiger partial charge in [-0.1, -0.05) is 0 Å². The Morgan fingerprint density at radius 3 is 2.50 bits per heavy atom. The van der Waals surface area contributed by atoms with Gasteiger partial charge in [0.15, 0.2) is 11.6 Å². The molecule has 1 aliphatic heterocycles. The molecule has 0 radical (unpaired) electrons. The van der Waals surface area contributed by atoms with E-state index >= 15 is 0 Å². The molecule has 2 aromatic heterocycles. The number of hydrogen-bond donors (Lipinski definition) is 0. The van der Waals surface area contributed by atoms with Crippen molar-refractivity contribution in [2.75, 3.05) is 31.1 Å². The third-order valence-electron chi connectivity index (χ3n) is 3.75. The molecule has 0 aromatic carbocycles. The van der Waals surface area contributed by atoms with Crippen LogP contribution in [0.15, 0.2) is 11.8 Å². The maximum absolute atomic E-state index is 14.1. The molecule has 0 N–H and O–H groups in total. The molecule has 2 aromatic rings. The molecular weight excluding hydrogens is 305 g/mol. The van der Waals surface area contributed by atoms with Crippen molar-refractivity contribution in [3.05, 3.63) is 33.9 Å². The molecule has 0 bridgehead atoms. The van der Waals surface area contributed by atoms with Crippen molar-refractivity contribution in [1.82, 2.24) is 19.9 Å². The van der Waals surface area contributed by atoms with Crippen molar-refractivity contribution in [2.24, 2.45) is 0 Å². The van der Waals surface area contributed by atoms with Crippen molar-refractivity contribution in [1.29, 1.82) is 0 Å². The Hall–Kier alpha value is -2.09. The van der Waals surface area contributed by atoms with Crippen LogP contribution in [0.3, 0.4) is 0 Å². The number of hydrogen-bond acceptors (Lipinski definition) is 6. The number of halogens is 1. The van der Waals surface area contributed by atoms with Crippen LogP contribution in [0.2, 0.25) is 0 Å². The molecule has 0 atom stereocenters. The molecule has 1 amide bonds. The number of carbonyl (C=O) groups excluding carboxylic acids is 1. The van der Waals surface area contributed by atoms with Crippen molar-refractivity contribution in [3.63, 3.8) is 0 Å². The number of thiazole rings is 1. The number of nitrogens with zero attached hydrogens (tertiary/aromatic N) is 5. The van der Waals surface area contributed by atoms with Gasteiger partial charge >= 0.3 is 0 Å². The molecule has 3 rings (SSSR count). The van der Waals surface area contributed by atoms with Crippen molar-refractivity contribution in [2.45, 2.75) is 13.8 Å². The Labute approximate surface area is 131 Å². The maximum atomic E-state index is 14.1. The first-order valence-corrected chi connectivity index (χ1v) is 7.87. The van der Waals surface area contributed by atoms with Gasteiger partial charge in [-0.2, -0.15) is 0 Å². The minimum atomic E-state index is -0.388. The van der Waals surface area contributed by atoms with Crippen LogP contribution in [0.25, 0.3) is 0 Å². The summed E-state index contributed by atoms with van der Waals surface area (Å²) in [6.07, 6.45) is 1.37. The third-order valence-corrected chi connectivity index (χ3v) is 4.67. The van der Waals surface area contributed by atoms with Gasteiger partial charge in [0.25, 0.3) is 5.91 Å². The Morgan fingerprint density at radius 1 is 1.14 bits per heavy atom. The van der Waals surface area contributed by atoms with Crippen LogP contribution < -0.4 is 4.90 Å². The summed E-state index contributed by atoms with van der Waals surface area (Å²) in [4.78, 5) is 28.7. The summed E-state index contributed by atoms with van der Waals surface area (Å²) in [5, 5.41) is 0. The van der Waals surface area contributed by atoms with E-state index < -0.39 is 0 Å². The average Bonchev–Trinajstić information content (AvgIpc) is 2.96. The van der Waals surface area contributed by atoms with Crippen LogP contribution in [-0.4, -0.2) is 51.9 Å². The molecule has 0 unspecified atom stereocenters. The molecule has 3 heterocycles. The molecule has 0 aliphatic carbocycles. The molecule has 0 saturated carbocycles. The van der Waals surface area contributed by atoms with Crippen LogP contribution in [0.1, 0.15) is 21.1 Å². The van der Waals surface area contributed by atoms with Crippen molar-refractivity contribution in [3.8, 4) is 0 Å². The van der Waals surface area contributed by atoms with Gasteiger partial charge in [0, 0.05) is 26.2 Å². The van der Waals surface area contributed by atoms with E-state index in [1.54, 1.807) is 17.3 Å². The second-order valence-corrected chi connectivity index (χ2v) is 6.00. The van der Waals surface area contributed by atoms with Crippen LogP contribution in [-0.2, 0) is 0 Å². The van der Waals surface area contributed by atoms with Gasteiger partial charge in [0.1, 0.15) is 11.2 Å². The van der Waals surface area contributed by atoms with E-state index in [4.69, 9.17) is 0 Å². The highest BCUT2D eigenvalue weighted by molar-refractivity contribution is 7.11. The molecule has 1 saturated heterocycles. The van der Waals surface area contributed by atoms with Crippen molar-refractivity contribution >= 4 is 23.1 Å². The number of aryl methyl sites for hydroxylation is 2. The predicted molar refractivity (Wildman–Crippen MR) is 81.7 cm³/mol. The van der Waals surface area contributed by atoms with Crippen molar-refractivity contribution < 1.29 is 9.18 Å². The molecule has 116 valence electrons. The number of carbonyl (C=O) groups is 1. The summed E-state index contributed by atoms with van der Waals surface area (Å²) >= 11 is 1.36. The fourth-order valence-electron chi connectivity index (χ4n) is 2.44. The Balaban J connectivity index is 1.69. The van der Waals surface area contributed by atoms with Crippen LogP contribution in [0, 0.1) is 19.7 Å². The zero-order valence-corrected chi connectivity index (χ0v) is 13.2. The second kappa shape index (κ2) is 5.96. The lowest BCUT2D eigenvalue weighted by Crippen LogP contribution is -2.49. The summed E-state index contributed by atoms with van der Waals surface area (Å²) < 4.78 is 14.1. The van der Waals surface area contributed by atoms with E-state index in [1.165, 1.54) is 17.7 Å². The van der Waals surface area contributed by atoms with E-state index in [1.807, 2.05) is 11.8 Å². The Morgan fingerprint density at radius 2 is 1.86 bits per heavy atom. The zero-order valence-electron chi connectivity index (χ0n) is 12.4. The fourth-order valence-corrected chi connectivity index (χ4v) is 3.21. The molecule has 1 fully saturated rings. The molecular formula is C14H16FN5OS.